The first-order chi connectivity index (χ1) is 9.54. The lowest BCUT2D eigenvalue weighted by molar-refractivity contribution is 0.102. The topological polar surface area (TPSA) is 58.6 Å². The molecule has 4 heteroatoms. The highest BCUT2D eigenvalue weighted by Gasteiger charge is 2.15. The lowest BCUT2D eigenvalue weighted by atomic mass is 10.1. The van der Waals surface area contributed by atoms with Crippen LogP contribution in [0.15, 0.2) is 36.4 Å². The third kappa shape index (κ3) is 2.59. The SMILES string of the molecule is COc1cccc(C(=O)Nc2cccc(C)c2C)c1O. The smallest absolute Gasteiger partial charge is 0.259 e. The van der Waals surface area contributed by atoms with Gasteiger partial charge in [0.05, 0.1) is 12.7 Å². The van der Waals surface area contributed by atoms with E-state index in [0.717, 1.165) is 16.8 Å². The summed E-state index contributed by atoms with van der Waals surface area (Å²) in [7, 11) is 1.45. The lowest BCUT2D eigenvalue weighted by Gasteiger charge is -2.12. The molecule has 0 fully saturated rings. The van der Waals surface area contributed by atoms with Crippen molar-refractivity contribution in [1.29, 1.82) is 0 Å². The van der Waals surface area contributed by atoms with Gasteiger partial charge in [0.2, 0.25) is 0 Å². The van der Waals surface area contributed by atoms with Crippen LogP contribution < -0.4 is 10.1 Å². The van der Waals surface area contributed by atoms with Gasteiger partial charge in [0.1, 0.15) is 0 Å². The average molecular weight is 271 g/mol. The molecule has 4 nitrogen and oxygen atoms in total. The van der Waals surface area contributed by atoms with Crippen LogP contribution in [0.5, 0.6) is 11.5 Å². The number of aryl methyl sites for hydroxylation is 1. The third-order valence-corrected chi connectivity index (χ3v) is 3.32. The number of anilines is 1. The van der Waals surface area contributed by atoms with Crippen LogP contribution in [0, 0.1) is 13.8 Å². The van der Waals surface area contributed by atoms with E-state index in [9.17, 15) is 9.90 Å². The molecule has 0 spiro atoms. The van der Waals surface area contributed by atoms with Crippen molar-refractivity contribution >= 4 is 11.6 Å². The number of nitrogens with one attached hydrogen (secondary N) is 1. The Bertz CT molecular complexity index is 650. The van der Waals surface area contributed by atoms with Crippen molar-refractivity contribution in [2.45, 2.75) is 13.8 Å². The Kier molecular flexibility index (Phi) is 3.94. The number of ether oxygens (including phenoxy) is 1. The van der Waals surface area contributed by atoms with Crippen LogP contribution in [0.1, 0.15) is 21.5 Å². The number of phenols is 1. The zero-order valence-corrected chi connectivity index (χ0v) is 11.7. The molecular formula is C16H17NO3. The Morgan fingerprint density at radius 2 is 1.85 bits per heavy atom. The Labute approximate surface area is 118 Å². The summed E-state index contributed by atoms with van der Waals surface area (Å²) < 4.78 is 5.00. The number of phenolic OH excluding ortho intramolecular Hbond substituents is 1. The fourth-order valence-corrected chi connectivity index (χ4v) is 1.95. The zero-order chi connectivity index (χ0) is 14.7. The second-order valence-electron chi connectivity index (χ2n) is 4.56. The maximum atomic E-state index is 12.2. The van der Waals surface area contributed by atoms with E-state index in [-0.39, 0.29) is 23.0 Å². The van der Waals surface area contributed by atoms with Crippen molar-refractivity contribution in [2.24, 2.45) is 0 Å². The van der Waals surface area contributed by atoms with Gasteiger partial charge >= 0.3 is 0 Å². The molecule has 0 saturated carbocycles. The number of aromatic hydroxyl groups is 1. The van der Waals surface area contributed by atoms with Crippen molar-refractivity contribution in [1.82, 2.24) is 0 Å². The average Bonchev–Trinajstić information content (AvgIpc) is 2.44. The van der Waals surface area contributed by atoms with Crippen LogP contribution in [-0.4, -0.2) is 18.1 Å². The van der Waals surface area contributed by atoms with Crippen LogP contribution in [0.2, 0.25) is 0 Å². The molecule has 0 bridgehead atoms. The van der Waals surface area contributed by atoms with Gasteiger partial charge in [0.15, 0.2) is 11.5 Å². The highest BCUT2D eigenvalue weighted by Crippen LogP contribution is 2.30. The maximum absolute atomic E-state index is 12.2. The molecule has 2 rings (SSSR count). The van der Waals surface area contributed by atoms with Crippen molar-refractivity contribution < 1.29 is 14.6 Å². The molecule has 2 aromatic carbocycles. The van der Waals surface area contributed by atoms with Gasteiger partial charge in [0.25, 0.3) is 5.91 Å². The summed E-state index contributed by atoms with van der Waals surface area (Å²) in [4.78, 5) is 12.2. The van der Waals surface area contributed by atoms with Crippen LogP contribution >= 0.6 is 0 Å². The van der Waals surface area contributed by atoms with Gasteiger partial charge in [-0.3, -0.25) is 4.79 Å². The molecule has 2 aromatic rings. The number of carbonyl (C=O) groups is 1. The van der Waals surface area contributed by atoms with Crippen molar-refractivity contribution in [3.63, 3.8) is 0 Å². The Balaban J connectivity index is 2.31. The largest absolute Gasteiger partial charge is 0.504 e. The van der Waals surface area contributed by atoms with E-state index >= 15 is 0 Å². The minimum absolute atomic E-state index is 0.155. The van der Waals surface area contributed by atoms with Gasteiger partial charge in [-0.15, -0.1) is 0 Å². The standard InChI is InChI=1S/C16H17NO3/c1-10-6-4-8-13(11(10)2)17-16(19)12-7-5-9-14(20-3)15(12)18/h4-9,18H,1-3H3,(H,17,19). The molecule has 1 amide bonds. The zero-order valence-electron chi connectivity index (χ0n) is 11.7. The minimum Gasteiger partial charge on any atom is -0.504 e. The lowest BCUT2D eigenvalue weighted by Crippen LogP contribution is -2.13. The fraction of sp³-hybridized carbons (Fsp3) is 0.188. The molecule has 20 heavy (non-hydrogen) atoms. The molecule has 2 N–H and O–H groups in total. The summed E-state index contributed by atoms with van der Waals surface area (Å²) in [5.41, 5.74) is 3.02. The van der Waals surface area contributed by atoms with Gasteiger partial charge in [-0.05, 0) is 43.2 Å². The van der Waals surface area contributed by atoms with Gasteiger partial charge in [-0.1, -0.05) is 18.2 Å². The minimum atomic E-state index is -0.366. The first-order valence-electron chi connectivity index (χ1n) is 6.28. The van der Waals surface area contributed by atoms with Crippen LogP contribution in [-0.2, 0) is 0 Å². The molecule has 0 aliphatic carbocycles. The highest BCUT2D eigenvalue weighted by molar-refractivity contribution is 6.07. The van der Waals surface area contributed by atoms with Crippen molar-refractivity contribution in [2.75, 3.05) is 12.4 Å². The van der Waals surface area contributed by atoms with Crippen molar-refractivity contribution in [3.8, 4) is 11.5 Å². The first-order valence-corrected chi connectivity index (χ1v) is 6.28. The van der Waals surface area contributed by atoms with Gasteiger partial charge in [0, 0.05) is 5.69 Å². The molecule has 0 radical (unpaired) electrons. The number of para-hydroxylation sites is 1. The van der Waals surface area contributed by atoms with E-state index < -0.39 is 0 Å². The van der Waals surface area contributed by atoms with E-state index in [2.05, 4.69) is 5.32 Å². The third-order valence-electron chi connectivity index (χ3n) is 3.32. The summed E-state index contributed by atoms with van der Waals surface area (Å²) in [6.45, 7) is 3.92. The monoisotopic (exact) mass is 271 g/mol. The summed E-state index contributed by atoms with van der Waals surface area (Å²) >= 11 is 0. The molecule has 0 saturated heterocycles. The summed E-state index contributed by atoms with van der Waals surface area (Å²) in [6, 6.07) is 10.5. The maximum Gasteiger partial charge on any atom is 0.259 e. The van der Waals surface area contributed by atoms with Crippen LogP contribution in [0.4, 0.5) is 5.69 Å². The Morgan fingerprint density at radius 3 is 2.55 bits per heavy atom. The van der Waals surface area contributed by atoms with Crippen molar-refractivity contribution in [3.05, 3.63) is 53.1 Å². The summed E-state index contributed by atoms with van der Waals surface area (Å²) in [5, 5.41) is 12.8. The van der Waals surface area contributed by atoms with E-state index in [1.54, 1.807) is 18.2 Å². The second kappa shape index (κ2) is 5.65. The number of hydrogen-bond donors (Lipinski definition) is 2. The molecule has 0 unspecified atom stereocenters. The normalized spacial score (nSPS) is 10.2. The Morgan fingerprint density at radius 1 is 1.15 bits per heavy atom. The van der Waals surface area contributed by atoms with Crippen LogP contribution in [0.3, 0.4) is 0 Å². The Hall–Kier alpha value is -2.49. The van der Waals surface area contributed by atoms with E-state index in [1.165, 1.54) is 7.11 Å². The molecular weight excluding hydrogens is 254 g/mol. The number of amides is 1. The summed E-state index contributed by atoms with van der Waals surface area (Å²) in [6.07, 6.45) is 0. The fourth-order valence-electron chi connectivity index (χ4n) is 1.95. The second-order valence-corrected chi connectivity index (χ2v) is 4.56. The van der Waals surface area contributed by atoms with E-state index in [1.807, 2.05) is 32.0 Å². The number of methoxy groups -OCH3 is 1. The predicted octanol–water partition coefficient (Wildman–Crippen LogP) is 3.27. The molecule has 0 aliphatic rings. The molecule has 0 aliphatic heterocycles. The quantitative estimate of drug-likeness (QED) is 0.900. The highest BCUT2D eigenvalue weighted by atomic mass is 16.5. The number of carbonyl (C=O) groups excluding carboxylic acids is 1. The molecule has 0 heterocycles. The van der Waals surface area contributed by atoms with E-state index in [4.69, 9.17) is 4.74 Å². The predicted molar refractivity (Wildman–Crippen MR) is 78.5 cm³/mol. The van der Waals surface area contributed by atoms with Gasteiger partial charge < -0.3 is 15.2 Å². The number of hydrogen-bond acceptors (Lipinski definition) is 3. The molecule has 0 aromatic heterocycles. The van der Waals surface area contributed by atoms with Gasteiger partial charge in [-0.25, -0.2) is 0 Å². The van der Waals surface area contributed by atoms with E-state index in [0.29, 0.717) is 0 Å². The summed E-state index contributed by atoms with van der Waals surface area (Å²) in [5.74, 6) is -0.244. The molecule has 0 atom stereocenters. The molecule has 104 valence electrons. The number of benzene rings is 2. The van der Waals surface area contributed by atoms with Gasteiger partial charge in [-0.2, -0.15) is 0 Å². The first kappa shape index (κ1) is 13.9. The van der Waals surface area contributed by atoms with Crippen LogP contribution in [0.25, 0.3) is 0 Å². The number of rotatable bonds is 3.